The second kappa shape index (κ2) is 5.75. The second-order valence-corrected chi connectivity index (χ2v) is 4.94. The van der Waals surface area contributed by atoms with Gasteiger partial charge in [-0.25, -0.2) is 0 Å². The molecule has 0 aliphatic heterocycles. The van der Waals surface area contributed by atoms with Gasteiger partial charge < -0.3 is 10.1 Å². The van der Waals surface area contributed by atoms with E-state index in [4.69, 9.17) is 4.74 Å². The van der Waals surface area contributed by atoms with E-state index in [1.165, 1.54) is 0 Å². The van der Waals surface area contributed by atoms with Gasteiger partial charge in [0.25, 0.3) is 5.91 Å². The molecule has 0 aromatic heterocycles. The van der Waals surface area contributed by atoms with Crippen LogP contribution in [-0.4, -0.2) is 18.6 Å². The molecule has 0 spiro atoms. The number of nitrogens with zero attached hydrogens (tertiary/aromatic N) is 1. The molecule has 1 aliphatic rings. The van der Waals surface area contributed by atoms with Gasteiger partial charge >= 0.3 is 0 Å². The van der Waals surface area contributed by atoms with Crippen LogP contribution in [0, 0.1) is 11.3 Å². The molecule has 1 aliphatic carbocycles. The number of ether oxygens (including phenoxy) is 1. The molecule has 19 heavy (non-hydrogen) atoms. The van der Waals surface area contributed by atoms with Gasteiger partial charge in [-0.15, -0.1) is 0 Å². The summed E-state index contributed by atoms with van der Waals surface area (Å²) in [5, 5.41) is 12.2. The van der Waals surface area contributed by atoms with Crippen LogP contribution in [0.1, 0.15) is 42.5 Å². The topological polar surface area (TPSA) is 62.1 Å². The zero-order chi connectivity index (χ0) is 13.7. The molecule has 0 bridgehead atoms. The molecule has 4 heteroatoms. The molecule has 4 nitrogen and oxygen atoms in total. The Morgan fingerprint density at radius 2 is 1.89 bits per heavy atom. The van der Waals surface area contributed by atoms with E-state index in [1.54, 1.807) is 31.4 Å². The zero-order valence-electron chi connectivity index (χ0n) is 11.1. The van der Waals surface area contributed by atoms with Gasteiger partial charge in [-0.1, -0.05) is 19.3 Å². The lowest BCUT2D eigenvalue weighted by atomic mass is 9.82. The third kappa shape index (κ3) is 3.05. The number of nitrogens with one attached hydrogen (secondary N) is 1. The molecule has 1 amide bonds. The molecule has 0 atom stereocenters. The average Bonchev–Trinajstić information content (AvgIpc) is 2.48. The molecule has 0 radical (unpaired) electrons. The van der Waals surface area contributed by atoms with Crippen molar-refractivity contribution in [2.24, 2.45) is 0 Å². The summed E-state index contributed by atoms with van der Waals surface area (Å²) in [4.78, 5) is 12.2. The summed E-state index contributed by atoms with van der Waals surface area (Å²) >= 11 is 0. The van der Waals surface area contributed by atoms with E-state index < -0.39 is 5.54 Å². The summed E-state index contributed by atoms with van der Waals surface area (Å²) < 4.78 is 5.06. The maximum atomic E-state index is 12.2. The van der Waals surface area contributed by atoms with Crippen LogP contribution in [-0.2, 0) is 0 Å². The van der Waals surface area contributed by atoms with E-state index in [-0.39, 0.29) is 5.91 Å². The molecule has 2 rings (SSSR count). The van der Waals surface area contributed by atoms with Gasteiger partial charge in [0.15, 0.2) is 0 Å². The number of carbonyl (C=O) groups excluding carboxylic acids is 1. The number of hydrogen-bond acceptors (Lipinski definition) is 3. The van der Waals surface area contributed by atoms with Gasteiger partial charge in [-0.3, -0.25) is 4.79 Å². The minimum atomic E-state index is -0.685. The van der Waals surface area contributed by atoms with Gasteiger partial charge in [0.05, 0.1) is 13.2 Å². The molecule has 1 fully saturated rings. The molecule has 1 aromatic carbocycles. The number of rotatable bonds is 3. The van der Waals surface area contributed by atoms with E-state index in [1.807, 2.05) is 0 Å². The lowest BCUT2D eigenvalue weighted by Gasteiger charge is -2.31. The number of benzene rings is 1. The Morgan fingerprint density at radius 1 is 1.26 bits per heavy atom. The van der Waals surface area contributed by atoms with Crippen molar-refractivity contribution in [3.05, 3.63) is 29.8 Å². The first kappa shape index (κ1) is 13.4. The van der Waals surface area contributed by atoms with Crippen LogP contribution in [0.25, 0.3) is 0 Å². The molecular weight excluding hydrogens is 240 g/mol. The predicted octanol–water partition coefficient (Wildman–Crippen LogP) is 2.65. The van der Waals surface area contributed by atoms with Gasteiger partial charge in [-0.2, -0.15) is 5.26 Å². The van der Waals surface area contributed by atoms with Crippen molar-refractivity contribution in [2.45, 2.75) is 37.6 Å². The number of methoxy groups -OCH3 is 1. The average molecular weight is 258 g/mol. The molecule has 0 saturated heterocycles. The van der Waals surface area contributed by atoms with Crippen LogP contribution < -0.4 is 10.1 Å². The summed E-state index contributed by atoms with van der Waals surface area (Å²) in [7, 11) is 1.59. The predicted molar refractivity (Wildman–Crippen MR) is 71.9 cm³/mol. The largest absolute Gasteiger partial charge is 0.497 e. The van der Waals surface area contributed by atoms with Crippen molar-refractivity contribution >= 4 is 5.91 Å². The van der Waals surface area contributed by atoms with E-state index in [9.17, 15) is 10.1 Å². The Kier molecular flexibility index (Phi) is 4.06. The summed E-state index contributed by atoms with van der Waals surface area (Å²) in [5.74, 6) is 0.523. The fraction of sp³-hybridized carbons (Fsp3) is 0.467. The summed E-state index contributed by atoms with van der Waals surface area (Å²) in [5.41, 5.74) is -0.129. The van der Waals surface area contributed by atoms with E-state index in [2.05, 4.69) is 11.4 Å². The van der Waals surface area contributed by atoms with Crippen LogP contribution in [0.15, 0.2) is 24.3 Å². The normalized spacial score (nSPS) is 17.3. The molecule has 0 unspecified atom stereocenters. The molecule has 1 aromatic rings. The van der Waals surface area contributed by atoms with Crippen LogP contribution >= 0.6 is 0 Å². The van der Waals surface area contributed by atoms with Gasteiger partial charge in [0.2, 0.25) is 0 Å². The monoisotopic (exact) mass is 258 g/mol. The van der Waals surface area contributed by atoms with Crippen molar-refractivity contribution in [2.75, 3.05) is 7.11 Å². The molecule has 0 heterocycles. The highest BCUT2D eigenvalue weighted by molar-refractivity contribution is 5.95. The molecule has 1 N–H and O–H groups in total. The highest BCUT2D eigenvalue weighted by Gasteiger charge is 2.33. The highest BCUT2D eigenvalue weighted by Crippen LogP contribution is 2.28. The number of hydrogen-bond donors (Lipinski definition) is 1. The van der Waals surface area contributed by atoms with E-state index in [0.717, 1.165) is 32.1 Å². The fourth-order valence-electron chi connectivity index (χ4n) is 2.45. The van der Waals surface area contributed by atoms with Crippen molar-refractivity contribution < 1.29 is 9.53 Å². The highest BCUT2D eigenvalue weighted by atomic mass is 16.5. The molecule has 1 saturated carbocycles. The third-order valence-corrected chi connectivity index (χ3v) is 3.63. The first-order valence-corrected chi connectivity index (χ1v) is 6.57. The number of nitriles is 1. The second-order valence-electron chi connectivity index (χ2n) is 4.94. The van der Waals surface area contributed by atoms with Crippen molar-refractivity contribution in [3.63, 3.8) is 0 Å². The van der Waals surface area contributed by atoms with E-state index >= 15 is 0 Å². The third-order valence-electron chi connectivity index (χ3n) is 3.63. The summed E-state index contributed by atoms with van der Waals surface area (Å²) in [6.07, 6.45) is 4.62. The summed E-state index contributed by atoms with van der Waals surface area (Å²) in [6, 6.07) is 9.19. The Labute approximate surface area is 113 Å². The van der Waals surface area contributed by atoms with Gasteiger partial charge in [0.1, 0.15) is 11.3 Å². The van der Waals surface area contributed by atoms with Crippen LogP contribution in [0.5, 0.6) is 5.75 Å². The Morgan fingerprint density at radius 3 is 2.42 bits per heavy atom. The molecule has 100 valence electrons. The SMILES string of the molecule is COc1ccc(C(=O)NC2(C#N)CCCCC2)cc1. The minimum absolute atomic E-state index is 0.189. The Hall–Kier alpha value is -2.02. The lowest BCUT2D eigenvalue weighted by molar-refractivity contribution is 0.0902. The summed E-state index contributed by atoms with van der Waals surface area (Å²) in [6.45, 7) is 0. The first-order chi connectivity index (χ1) is 9.19. The van der Waals surface area contributed by atoms with Crippen LogP contribution in [0.4, 0.5) is 0 Å². The van der Waals surface area contributed by atoms with Crippen LogP contribution in [0.2, 0.25) is 0 Å². The zero-order valence-corrected chi connectivity index (χ0v) is 11.1. The Balaban J connectivity index is 2.08. The van der Waals surface area contributed by atoms with Crippen molar-refractivity contribution in [1.29, 1.82) is 5.26 Å². The van der Waals surface area contributed by atoms with Gasteiger partial charge in [0, 0.05) is 5.56 Å². The number of amides is 1. The fourth-order valence-corrected chi connectivity index (χ4v) is 2.45. The number of carbonyl (C=O) groups is 1. The van der Waals surface area contributed by atoms with Gasteiger partial charge in [-0.05, 0) is 37.1 Å². The minimum Gasteiger partial charge on any atom is -0.497 e. The Bertz CT molecular complexity index is 482. The van der Waals surface area contributed by atoms with Crippen molar-refractivity contribution in [1.82, 2.24) is 5.32 Å². The van der Waals surface area contributed by atoms with Crippen molar-refractivity contribution in [3.8, 4) is 11.8 Å². The smallest absolute Gasteiger partial charge is 0.252 e. The molecular formula is C15H18N2O2. The standard InChI is InChI=1S/C15H18N2O2/c1-19-13-7-5-12(6-8-13)14(18)17-15(11-16)9-3-2-4-10-15/h5-8H,2-4,9-10H2,1H3,(H,17,18). The van der Waals surface area contributed by atoms with Crippen LogP contribution in [0.3, 0.4) is 0 Å². The lowest BCUT2D eigenvalue weighted by Crippen LogP contribution is -2.48. The maximum absolute atomic E-state index is 12.2. The quantitative estimate of drug-likeness (QED) is 0.906. The first-order valence-electron chi connectivity index (χ1n) is 6.57. The van der Waals surface area contributed by atoms with E-state index in [0.29, 0.717) is 11.3 Å². The maximum Gasteiger partial charge on any atom is 0.252 e.